The second-order valence-corrected chi connectivity index (χ2v) is 11.3. The fourth-order valence-corrected chi connectivity index (χ4v) is 6.09. The summed E-state index contributed by atoms with van der Waals surface area (Å²) >= 11 is 5.92. The maximum atomic E-state index is 14.6. The van der Waals surface area contributed by atoms with Crippen molar-refractivity contribution in [3.8, 4) is 11.5 Å². The quantitative estimate of drug-likeness (QED) is 0.237. The van der Waals surface area contributed by atoms with Crippen molar-refractivity contribution in [1.82, 2.24) is 19.4 Å². The molecule has 0 amide bonds. The van der Waals surface area contributed by atoms with E-state index in [4.69, 9.17) is 25.7 Å². The zero-order valence-corrected chi connectivity index (χ0v) is 23.0. The first-order valence-corrected chi connectivity index (χ1v) is 14.2. The van der Waals surface area contributed by atoms with Gasteiger partial charge in [-0.05, 0) is 80.7 Å². The molecule has 0 radical (unpaired) electrons. The molecule has 7 rings (SSSR count). The Morgan fingerprint density at radius 1 is 1.05 bits per heavy atom. The van der Waals surface area contributed by atoms with Gasteiger partial charge < -0.3 is 18.8 Å². The number of para-hydroxylation sites is 1. The molecule has 4 heterocycles. The molecule has 1 unspecified atom stereocenters. The summed E-state index contributed by atoms with van der Waals surface area (Å²) < 4.78 is 28.5. The highest BCUT2D eigenvalue weighted by molar-refractivity contribution is 6.30. The summed E-state index contributed by atoms with van der Waals surface area (Å²) in [5.41, 5.74) is 4.67. The molecule has 0 aliphatic carbocycles. The lowest BCUT2D eigenvalue weighted by atomic mass is 9.89. The average molecular weight is 575 g/mol. The number of carbonyl (C=O) groups is 1. The van der Waals surface area contributed by atoms with Crippen LogP contribution in [0.5, 0.6) is 0 Å². The predicted molar refractivity (Wildman–Crippen MR) is 153 cm³/mol. The number of piperidine rings is 1. The third-order valence-corrected chi connectivity index (χ3v) is 8.49. The maximum absolute atomic E-state index is 14.6. The van der Waals surface area contributed by atoms with Gasteiger partial charge in [0.2, 0.25) is 5.89 Å². The largest absolute Gasteiger partial charge is 0.478 e. The van der Waals surface area contributed by atoms with Crippen molar-refractivity contribution in [3.63, 3.8) is 0 Å². The molecule has 0 bridgehead atoms. The van der Waals surface area contributed by atoms with Crippen LogP contribution in [-0.4, -0.2) is 56.3 Å². The third kappa shape index (κ3) is 4.98. The van der Waals surface area contributed by atoms with E-state index < -0.39 is 11.8 Å². The number of oxazole rings is 1. The van der Waals surface area contributed by atoms with Crippen LogP contribution in [0.4, 0.5) is 4.39 Å². The molecule has 2 fully saturated rings. The molecular formula is C31H28ClFN4O4. The monoisotopic (exact) mass is 574 g/mol. The van der Waals surface area contributed by atoms with Crippen LogP contribution < -0.4 is 0 Å². The van der Waals surface area contributed by atoms with Crippen LogP contribution in [0.1, 0.15) is 46.9 Å². The lowest BCUT2D eigenvalue weighted by Gasteiger charge is -2.32. The standard InChI is InChI=1S/C31H28ClFN4O4/c32-20-5-6-23(24(33)15-20)30-35-26-3-1-2-22(29(26)41-30)18-8-11-36(12-9-18)17-28-34-25-7-4-19(31(38)39)14-27(25)37(28)16-21-10-13-40-21/h1-7,14-15,18,21H,8-13,16-17H2,(H,38,39). The van der Waals surface area contributed by atoms with Crippen LogP contribution in [-0.2, 0) is 17.8 Å². The number of fused-ring (bicyclic) bond motifs is 2. The van der Waals surface area contributed by atoms with E-state index in [1.807, 2.05) is 12.1 Å². The van der Waals surface area contributed by atoms with Crippen LogP contribution in [0, 0.1) is 5.82 Å². The third-order valence-electron chi connectivity index (χ3n) is 8.25. The number of benzene rings is 3. The van der Waals surface area contributed by atoms with E-state index in [0.29, 0.717) is 29.2 Å². The van der Waals surface area contributed by atoms with E-state index in [1.54, 1.807) is 30.3 Å². The topological polar surface area (TPSA) is 93.6 Å². The SMILES string of the molecule is O=C(O)c1ccc2nc(CN3CCC(c4cccc5nc(-c6ccc(Cl)cc6F)oc45)CC3)n(CC3CCO3)c2c1. The molecule has 8 nitrogen and oxygen atoms in total. The molecule has 3 aromatic carbocycles. The molecule has 10 heteroatoms. The van der Waals surface area contributed by atoms with Crippen molar-refractivity contribution in [2.75, 3.05) is 19.7 Å². The van der Waals surface area contributed by atoms with Gasteiger partial charge in [-0.1, -0.05) is 23.7 Å². The number of carboxylic acid groups (broad SMARTS) is 1. The molecule has 0 saturated carbocycles. The molecule has 210 valence electrons. The molecule has 41 heavy (non-hydrogen) atoms. The van der Waals surface area contributed by atoms with Crippen LogP contribution in [0.15, 0.2) is 59.0 Å². The number of hydrogen-bond donors (Lipinski definition) is 1. The lowest BCUT2D eigenvalue weighted by molar-refractivity contribution is -0.0592. The van der Waals surface area contributed by atoms with Gasteiger partial charge in [0.05, 0.1) is 41.4 Å². The van der Waals surface area contributed by atoms with Crippen molar-refractivity contribution < 1.29 is 23.4 Å². The van der Waals surface area contributed by atoms with Crippen LogP contribution >= 0.6 is 11.6 Å². The number of imidazole rings is 1. The van der Waals surface area contributed by atoms with E-state index in [-0.39, 0.29) is 29.0 Å². The highest BCUT2D eigenvalue weighted by Gasteiger charge is 2.27. The maximum Gasteiger partial charge on any atom is 0.335 e. The molecule has 2 aliphatic rings. The number of carboxylic acids is 1. The summed E-state index contributed by atoms with van der Waals surface area (Å²) in [6.07, 6.45) is 2.97. The minimum atomic E-state index is -0.949. The number of rotatable bonds is 7. The highest BCUT2D eigenvalue weighted by Crippen LogP contribution is 2.36. The second kappa shape index (κ2) is 10.6. The predicted octanol–water partition coefficient (Wildman–Crippen LogP) is 6.50. The summed E-state index contributed by atoms with van der Waals surface area (Å²) in [4.78, 5) is 23.5. The van der Waals surface area contributed by atoms with Gasteiger partial charge in [0.25, 0.3) is 0 Å². The summed E-state index contributed by atoms with van der Waals surface area (Å²) in [6, 6.07) is 15.5. The lowest BCUT2D eigenvalue weighted by Crippen LogP contribution is -2.35. The van der Waals surface area contributed by atoms with Gasteiger partial charge in [-0.15, -0.1) is 0 Å². The first kappa shape index (κ1) is 26.1. The normalized spacial score (nSPS) is 18.2. The van der Waals surface area contributed by atoms with E-state index in [2.05, 4.69) is 20.5 Å². The summed E-state index contributed by atoms with van der Waals surface area (Å²) in [5, 5.41) is 9.84. The van der Waals surface area contributed by atoms with Crippen LogP contribution in [0.2, 0.25) is 5.02 Å². The molecule has 2 saturated heterocycles. The molecule has 1 atom stereocenters. The van der Waals surface area contributed by atoms with Crippen molar-refractivity contribution in [2.45, 2.75) is 44.4 Å². The number of hydrogen-bond acceptors (Lipinski definition) is 6. The van der Waals surface area contributed by atoms with E-state index in [9.17, 15) is 14.3 Å². The fourth-order valence-electron chi connectivity index (χ4n) is 5.93. The summed E-state index contributed by atoms with van der Waals surface area (Å²) in [6.45, 7) is 3.84. The van der Waals surface area contributed by atoms with Crippen LogP contribution in [0.25, 0.3) is 33.6 Å². The number of halogens is 2. The number of ether oxygens (including phenoxy) is 1. The van der Waals surface area contributed by atoms with Gasteiger partial charge in [-0.3, -0.25) is 4.90 Å². The number of aromatic nitrogens is 3. The van der Waals surface area contributed by atoms with Gasteiger partial charge in [0.15, 0.2) is 5.58 Å². The van der Waals surface area contributed by atoms with E-state index in [0.717, 1.165) is 61.4 Å². The van der Waals surface area contributed by atoms with Gasteiger partial charge in [0.1, 0.15) is 17.2 Å². The molecule has 1 N–H and O–H groups in total. The molecule has 0 spiro atoms. The Hall–Kier alpha value is -3.79. The van der Waals surface area contributed by atoms with Crippen molar-refractivity contribution in [1.29, 1.82) is 0 Å². The zero-order valence-electron chi connectivity index (χ0n) is 22.2. The van der Waals surface area contributed by atoms with Gasteiger partial charge >= 0.3 is 5.97 Å². The molecule has 5 aromatic rings. The van der Waals surface area contributed by atoms with Gasteiger partial charge in [-0.25, -0.2) is 19.2 Å². The van der Waals surface area contributed by atoms with Gasteiger partial charge in [-0.2, -0.15) is 0 Å². The van der Waals surface area contributed by atoms with Crippen molar-refractivity contribution in [2.24, 2.45) is 0 Å². The first-order chi connectivity index (χ1) is 19.9. The second-order valence-electron chi connectivity index (χ2n) is 10.8. The molecule has 2 aromatic heterocycles. The van der Waals surface area contributed by atoms with Crippen molar-refractivity contribution >= 4 is 39.7 Å². The van der Waals surface area contributed by atoms with E-state index in [1.165, 1.54) is 6.07 Å². The molecule has 2 aliphatic heterocycles. The van der Waals surface area contributed by atoms with Crippen molar-refractivity contribution in [3.05, 3.63) is 82.4 Å². The Morgan fingerprint density at radius 2 is 1.88 bits per heavy atom. The zero-order chi connectivity index (χ0) is 28.1. The fraction of sp³-hybridized carbons (Fsp3) is 0.323. The first-order valence-electron chi connectivity index (χ1n) is 13.8. The smallest absolute Gasteiger partial charge is 0.335 e. The Morgan fingerprint density at radius 3 is 2.61 bits per heavy atom. The minimum absolute atomic E-state index is 0.124. The number of aromatic carboxylic acids is 1. The highest BCUT2D eigenvalue weighted by atomic mass is 35.5. The Balaban J connectivity index is 1.10. The summed E-state index contributed by atoms with van der Waals surface area (Å²) in [5.74, 6) is 0.0393. The number of nitrogens with zero attached hydrogens (tertiary/aromatic N) is 4. The Labute approximate surface area is 240 Å². The van der Waals surface area contributed by atoms with Gasteiger partial charge in [0, 0.05) is 17.2 Å². The van der Waals surface area contributed by atoms with E-state index >= 15 is 0 Å². The summed E-state index contributed by atoms with van der Waals surface area (Å²) in [7, 11) is 0. The Kier molecular flexibility index (Phi) is 6.73. The minimum Gasteiger partial charge on any atom is -0.478 e. The Bertz CT molecular complexity index is 1770. The van der Waals surface area contributed by atoms with Crippen LogP contribution in [0.3, 0.4) is 0 Å². The number of likely N-dealkylation sites (tertiary alicyclic amines) is 1. The average Bonchev–Trinajstić information content (AvgIpc) is 3.51. The molecular weight excluding hydrogens is 547 g/mol.